The highest BCUT2D eigenvalue weighted by molar-refractivity contribution is 7.17. The molecule has 3 aromatic heterocycles. The molecular weight excluding hydrogens is 465 g/mol. The van der Waals surface area contributed by atoms with Crippen LogP contribution in [0.15, 0.2) is 42.6 Å². The van der Waals surface area contributed by atoms with Gasteiger partial charge in [0.1, 0.15) is 10.8 Å². The summed E-state index contributed by atoms with van der Waals surface area (Å²) in [7, 11) is 1.37. The van der Waals surface area contributed by atoms with E-state index < -0.39 is 5.97 Å². The highest BCUT2D eigenvalue weighted by Crippen LogP contribution is 2.39. The van der Waals surface area contributed by atoms with Gasteiger partial charge in [-0.05, 0) is 80.0 Å². The first kappa shape index (κ1) is 23.2. The van der Waals surface area contributed by atoms with Crippen LogP contribution in [-0.4, -0.2) is 29.0 Å². The van der Waals surface area contributed by atoms with Crippen molar-refractivity contribution in [1.29, 1.82) is 0 Å². The Kier molecular flexibility index (Phi) is 6.63. The molecule has 2 N–H and O–H groups in total. The molecule has 8 heteroatoms. The van der Waals surface area contributed by atoms with Gasteiger partial charge in [-0.25, -0.2) is 9.18 Å². The minimum Gasteiger partial charge on any atom is -0.465 e. The average molecular weight is 492 g/mol. The number of hydrogen-bond donors (Lipinski definition) is 2. The van der Waals surface area contributed by atoms with Gasteiger partial charge in [-0.3, -0.25) is 9.78 Å². The lowest BCUT2D eigenvalue weighted by molar-refractivity contribution is -0.116. The summed E-state index contributed by atoms with van der Waals surface area (Å²) < 4.78 is 19.0. The number of esters is 1. The number of methoxy groups -OCH3 is 1. The number of thiophene rings is 1. The number of H-pyrrole nitrogens is 1. The number of benzene rings is 1. The third kappa shape index (κ3) is 4.71. The van der Waals surface area contributed by atoms with Crippen molar-refractivity contribution in [2.24, 2.45) is 0 Å². The number of aromatic amines is 1. The fourth-order valence-electron chi connectivity index (χ4n) is 4.80. The van der Waals surface area contributed by atoms with Crippen LogP contribution in [0.25, 0.3) is 22.3 Å². The van der Waals surface area contributed by atoms with E-state index in [1.807, 2.05) is 18.2 Å². The average Bonchev–Trinajstić information content (AvgIpc) is 3.42. The predicted octanol–water partition coefficient (Wildman–Crippen LogP) is 6.06. The van der Waals surface area contributed by atoms with Gasteiger partial charge >= 0.3 is 5.97 Å². The lowest BCUT2D eigenvalue weighted by atomic mass is 9.95. The Morgan fingerprint density at radius 1 is 1.20 bits per heavy atom. The number of fused-ring (bicyclic) bond motifs is 2. The van der Waals surface area contributed by atoms with Gasteiger partial charge in [0, 0.05) is 28.4 Å². The molecule has 180 valence electrons. The van der Waals surface area contributed by atoms with Crippen molar-refractivity contribution in [3.05, 3.63) is 70.0 Å². The second kappa shape index (κ2) is 10.00. The zero-order valence-electron chi connectivity index (χ0n) is 19.4. The third-order valence-corrected chi connectivity index (χ3v) is 7.64. The fraction of sp³-hybridized carbons (Fsp3) is 0.296. The Morgan fingerprint density at radius 2 is 2.06 bits per heavy atom. The van der Waals surface area contributed by atoms with E-state index in [4.69, 9.17) is 4.74 Å². The molecule has 1 aliphatic carbocycles. The lowest BCUT2D eigenvalue weighted by Crippen LogP contribution is -2.15. The normalized spacial score (nSPS) is 13.0. The maximum atomic E-state index is 14.0. The Morgan fingerprint density at radius 3 is 2.86 bits per heavy atom. The predicted molar refractivity (Wildman–Crippen MR) is 135 cm³/mol. The minimum atomic E-state index is -0.402. The molecule has 1 aromatic carbocycles. The summed E-state index contributed by atoms with van der Waals surface area (Å²) in [6.07, 6.45) is 7.01. The molecular formula is C27H26FN3O3S. The van der Waals surface area contributed by atoms with Gasteiger partial charge in [0.25, 0.3) is 0 Å². The van der Waals surface area contributed by atoms with Crippen molar-refractivity contribution < 1.29 is 18.7 Å². The first-order valence-corrected chi connectivity index (χ1v) is 12.6. The first-order chi connectivity index (χ1) is 17.0. The highest BCUT2D eigenvalue weighted by atomic mass is 32.1. The number of nitrogens with zero attached hydrogens (tertiary/aromatic N) is 1. The SMILES string of the molecule is COC(=O)c1c(NC(=O)CCCc2c(-c3ccccn3)[nH]c3ccc(F)cc23)sc2c1CCCC2. The van der Waals surface area contributed by atoms with Crippen molar-refractivity contribution in [2.45, 2.75) is 44.9 Å². The van der Waals surface area contributed by atoms with Gasteiger partial charge < -0.3 is 15.0 Å². The molecule has 6 nitrogen and oxygen atoms in total. The van der Waals surface area contributed by atoms with Crippen LogP contribution in [0, 0.1) is 5.82 Å². The number of ether oxygens (including phenoxy) is 1. The molecule has 5 rings (SSSR count). The number of hydrogen-bond acceptors (Lipinski definition) is 5. The molecule has 0 bridgehead atoms. The van der Waals surface area contributed by atoms with E-state index in [0.29, 0.717) is 23.4 Å². The molecule has 0 fully saturated rings. The van der Waals surface area contributed by atoms with Crippen LogP contribution in [0.2, 0.25) is 0 Å². The van der Waals surface area contributed by atoms with Crippen molar-refractivity contribution >= 4 is 39.1 Å². The molecule has 0 spiro atoms. The minimum absolute atomic E-state index is 0.154. The van der Waals surface area contributed by atoms with Crippen LogP contribution < -0.4 is 5.32 Å². The second-order valence-electron chi connectivity index (χ2n) is 8.69. The molecule has 3 heterocycles. The summed E-state index contributed by atoms with van der Waals surface area (Å²) in [4.78, 5) is 34.3. The standard InChI is InChI=1S/C27H26FN3O3S/c1-34-27(33)24-18-7-2-3-10-22(18)35-26(24)31-23(32)11-6-8-17-19-15-16(28)12-13-20(19)30-25(17)21-9-4-5-14-29-21/h4-5,9,12-15,30H,2-3,6-8,10-11H2,1H3,(H,31,32). The number of amides is 1. The van der Waals surface area contributed by atoms with Crippen LogP contribution in [0.3, 0.4) is 0 Å². The summed E-state index contributed by atoms with van der Waals surface area (Å²) in [5.41, 5.74) is 4.90. The van der Waals surface area contributed by atoms with Gasteiger partial charge in [0.2, 0.25) is 5.91 Å². The molecule has 0 unspecified atom stereocenters. The van der Waals surface area contributed by atoms with E-state index >= 15 is 0 Å². The number of anilines is 1. The molecule has 0 aliphatic heterocycles. The Balaban J connectivity index is 1.33. The van der Waals surface area contributed by atoms with Crippen LogP contribution in [0.5, 0.6) is 0 Å². The van der Waals surface area contributed by atoms with Crippen molar-refractivity contribution in [1.82, 2.24) is 9.97 Å². The summed E-state index contributed by atoms with van der Waals surface area (Å²) in [5.74, 6) is -0.861. The Bertz CT molecular complexity index is 1390. The van der Waals surface area contributed by atoms with Crippen LogP contribution in [-0.2, 0) is 28.8 Å². The first-order valence-electron chi connectivity index (χ1n) is 11.8. The monoisotopic (exact) mass is 491 g/mol. The van der Waals surface area contributed by atoms with E-state index in [2.05, 4.69) is 15.3 Å². The summed E-state index contributed by atoms with van der Waals surface area (Å²) in [6, 6.07) is 10.3. The van der Waals surface area contributed by atoms with Gasteiger partial charge in [-0.1, -0.05) is 6.07 Å². The zero-order valence-corrected chi connectivity index (χ0v) is 20.3. The molecule has 0 atom stereocenters. The third-order valence-electron chi connectivity index (χ3n) is 6.43. The maximum Gasteiger partial charge on any atom is 0.341 e. The topological polar surface area (TPSA) is 84.1 Å². The summed E-state index contributed by atoms with van der Waals surface area (Å²) in [5, 5.41) is 4.33. The number of carbonyl (C=O) groups excluding carboxylic acids is 2. The number of nitrogens with one attached hydrogen (secondary N) is 2. The van der Waals surface area contributed by atoms with Gasteiger partial charge in [-0.2, -0.15) is 0 Å². The lowest BCUT2D eigenvalue weighted by Gasteiger charge is -2.11. The van der Waals surface area contributed by atoms with E-state index in [1.54, 1.807) is 12.3 Å². The Hall–Kier alpha value is -3.52. The molecule has 0 radical (unpaired) electrons. The van der Waals surface area contributed by atoms with Crippen molar-refractivity contribution in [3.63, 3.8) is 0 Å². The number of aryl methyl sites for hydroxylation is 2. The Labute approximate surface area is 206 Å². The number of carbonyl (C=O) groups is 2. The van der Waals surface area contributed by atoms with E-state index in [-0.39, 0.29) is 18.1 Å². The fourth-order valence-corrected chi connectivity index (χ4v) is 6.09. The molecule has 1 amide bonds. The van der Waals surface area contributed by atoms with Crippen molar-refractivity contribution in [3.8, 4) is 11.4 Å². The molecule has 0 saturated heterocycles. The number of pyridine rings is 1. The summed E-state index contributed by atoms with van der Waals surface area (Å²) in [6.45, 7) is 0. The van der Waals surface area contributed by atoms with E-state index in [1.165, 1.54) is 30.6 Å². The van der Waals surface area contributed by atoms with Crippen molar-refractivity contribution in [2.75, 3.05) is 12.4 Å². The molecule has 1 aliphatic rings. The molecule has 0 saturated carbocycles. The number of aromatic nitrogens is 2. The molecule has 4 aromatic rings. The van der Waals surface area contributed by atoms with Gasteiger partial charge in [0.05, 0.1) is 24.1 Å². The highest BCUT2D eigenvalue weighted by Gasteiger charge is 2.27. The largest absolute Gasteiger partial charge is 0.465 e. The second-order valence-corrected chi connectivity index (χ2v) is 9.80. The van der Waals surface area contributed by atoms with Crippen LogP contribution >= 0.6 is 11.3 Å². The van der Waals surface area contributed by atoms with Gasteiger partial charge in [0.15, 0.2) is 0 Å². The molecule has 35 heavy (non-hydrogen) atoms. The van der Waals surface area contributed by atoms with Crippen LogP contribution in [0.4, 0.5) is 9.39 Å². The number of halogens is 1. The summed E-state index contributed by atoms with van der Waals surface area (Å²) >= 11 is 1.48. The van der Waals surface area contributed by atoms with E-state index in [0.717, 1.165) is 64.0 Å². The quantitative estimate of drug-likeness (QED) is 0.308. The number of rotatable bonds is 7. The smallest absolute Gasteiger partial charge is 0.341 e. The zero-order chi connectivity index (χ0) is 24.4. The van der Waals surface area contributed by atoms with Crippen LogP contribution in [0.1, 0.15) is 52.0 Å². The van der Waals surface area contributed by atoms with E-state index in [9.17, 15) is 14.0 Å². The van der Waals surface area contributed by atoms with Gasteiger partial charge in [-0.15, -0.1) is 11.3 Å². The maximum absolute atomic E-state index is 14.0.